The van der Waals surface area contributed by atoms with Gasteiger partial charge < -0.3 is 9.84 Å². The van der Waals surface area contributed by atoms with Crippen LogP contribution in [-0.4, -0.2) is 12.2 Å². The number of hydrogen-bond donors (Lipinski definition) is 1. The number of aliphatic hydroxyl groups is 1. The Balaban J connectivity index is 1.33. The van der Waals surface area contributed by atoms with E-state index in [2.05, 4.69) is 64.1 Å². The van der Waals surface area contributed by atoms with Gasteiger partial charge in [-0.2, -0.15) is 0 Å². The molecular formula is C31H44O2. The van der Waals surface area contributed by atoms with Crippen molar-refractivity contribution >= 4 is 0 Å². The Bertz CT molecular complexity index is 852. The van der Waals surface area contributed by atoms with Crippen LogP contribution < -0.4 is 4.74 Å². The molecule has 0 spiro atoms. The molecule has 0 radical (unpaired) electrons. The monoisotopic (exact) mass is 448 g/mol. The summed E-state index contributed by atoms with van der Waals surface area (Å²) < 4.78 is 5.46. The number of aliphatic hydroxyl groups excluding tert-OH is 1. The van der Waals surface area contributed by atoms with E-state index in [1.54, 1.807) is 7.11 Å². The maximum atomic E-state index is 9.48. The lowest BCUT2D eigenvalue weighted by Gasteiger charge is -2.47. The Morgan fingerprint density at radius 2 is 1.24 bits per heavy atom. The lowest BCUT2D eigenvalue weighted by molar-refractivity contribution is 0.0513. The van der Waals surface area contributed by atoms with Gasteiger partial charge in [-0.05, 0) is 128 Å². The summed E-state index contributed by atoms with van der Waals surface area (Å²) in [5, 5.41) is 9.48. The molecule has 1 N–H and O–H groups in total. The second kappa shape index (κ2) is 10.2. The third-order valence-electron chi connectivity index (χ3n) is 9.46. The zero-order chi connectivity index (χ0) is 23.6. The van der Waals surface area contributed by atoms with Crippen molar-refractivity contribution in [3.63, 3.8) is 0 Å². The van der Waals surface area contributed by atoms with Crippen LogP contribution in [0.5, 0.6) is 5.75 Å². The standard InChI is InChI=1S/C31H44O2/c1-21-18-25(6-7-27(21)20-32)23-8-13-28(14-9-23)31(3,4)29-15-10-24(11-16-29)26-12-17-30(33-5)22(2)19-26/h6-7,12,17-19,23-24,28-29,32H,8-11,13-16,20H2,1-5H3. The summed E-state index contributed by atoms with van der Waals surface area (Å²) in [6.07, 6.45) is 10.7. The average molecular weight is 449 g/mol. The summed E-state index contributed by atoms with van der Waals surface area (Å²) in [6.45, 7) is 9.58. The zero-order valence-electron chi connectivity index (χ0n) is 21.5. The first-order valence-electron chi connectivity index (χ1n) is 13.2. The van der Waals surface area contributed by atoms with Gasteiger partial charge >= 0.3 is 0 Å². The summed E-state index contributed by atoms with van der Waals surface area (Å²) in [7, 11) is 1.76. The van der Waals surface area contributed by atoms with E-state index >= 15 is 0 Å². The predicted octanol–water partition coefficient (Wildman–Crippen LogP) is 8.08. The third-order valence-corrected chi connectivity index (χ3v) is 9.46. The Morgan fingerprint density at radius 1 is 0.758 bits per heavy atom. The van der Waals surface area contributed by atoms with E-state index in [4.69, 9.17) is 4.74 Å². The van der Waals surface area contributed by atoms with Gasteiger partial charge in [0.1, 0.15) is 5.75 Å². The van der Waals surface area contributed by atoms with E-state index in [9.17, 15) is 5.11 Å². The SMILES string of the molecule is COc1ccc(C2CCC(C(C)(C)C3CCC(c4ccc(CO)c(C)c4)CC3)CC2)cc1C. The smallest absolute Gasteiger partial charge is 0.121 e. The molecule has 2 aliphatic rings. The van der Waals surface area contributed by atoms with Crippen LogP contribution in [0.3, 0.4) is 0 Å². The van der Waals surface area contributed by atoms with Crippen LogP contribution in [0.4, 0.5) is 0 Å². The second-order valence-corrected chi connectivity index (χ2v) is 11.5. The van der Waals surface area contributed by atoms with Crippen LogP contribution in [0.25, 0.3) is 0 Å². The molecule has 2 aromatic rings. The summed E-state index contributed by atoms with van der Waals surface area (Å²) in [4.78, 5) is 0. The molecule has 33 heavy (non-hydrogen) atoms. The van der Waals surface area contributed by atoms with Crippen LogP contribution in [0.2, 0.25) is 0 Å². The van der Waals surface area contributed by atoms with Crippen LogP contribution >= 0.6 is 0 Å². The molecule has 0 heterocycles. The number of aryl methyl sites for hydroxylation is 2. The fraction of sp³-hybridized carbons (Fsp3) is 0.613. The first-order chi connectivity index (χ1) is 15.8. The molecule has 2 saturated carbocycles. The fourth-order valence-corrected chi connectivity index (χ4v) is 6.98. The normalized spacial score (nSPS) is 26.2. The Hall–Kier alpha value is -1.80. The van der Waals surface area contributed by atoms with Crippen molar-refractivity contribution < 1.29 is 9.84 Å². The highest BCUT2D eigenvalue weighted by molar-refractivity contribution is 5.37. The predicted molar refractivity (Wildman–Crippen MR) is 138 cm³/mol. The van der Waals surface area contributed by atoms with E-state index in [0.29, 0.717) is 17.3 Å². The van der Waals surface area contributed by atoms with Crippen molar-refractivity contribution in [3.8, 4) is 5.75 Å². The average Bonchev–Trinajstić information content (AvgIpc) is 2.84. The molecule has 2 nitrogen and oxygen atoms in total. The van der Waals surface area contributed by atoms with Gasteiger partial charge in [0.2, 0.25) is 0 Å². The summed E-state index contributed by atoms with van der Waals surface area (Å²) in [6, 6.07) is 13.5. The summed E-state index contributed by atoms with van der Waals surface area (Å²) in [5.41, 5.74) is 6.98. The van der Waals surface area contributed by atoms with E-state index in [-0.39, 0.29) is 6.61 Å². The maximum absolute atomic E-state index is 9.48. The lowest BCUT2D eigenvalue weighted by atomic mass is 9.58. The van der Waals surface area contributed by atoms with Gasteiger partial charge in [-0.15, -0.1) is 0 Å². The zero-order valence-corrected chi connectivity index (χ0v) is 21.5. The van der Waals surface area contributed by atoms with Crippen molar-refractivity contribution in [2.45, 2.75) is 97.5 Å². The molecule has 0 bridgehead atoms. The fourth-order valence-electron chi connectivity index (χ4n) is 6.98. The van der Waals surface area contributed by atoms with Crippen LogP contribution in [0.1, 0.15) is 105 Å². The molecule has 0 atom stereocenters. The number of rotatable bonds is 6. The summed E-state index contributed by atoms with van der Waals surface area (Å²) in [5.74, 6) is 4.10. The van der Waals surface area contributed by atoms with Crippen molar-refractivity contribution in [1.29, 1.82) is 0 Å². The number of methoxy groups -OCH3 is 1. The molecule has 4 rings (SSSR count). The third kappa shape index (κ3) is 5.16. The molecule has 2 aliphatic carbocycles. The number of ether oxygens (including phenoxy) is 1. The minimum absolute atomic E-state index is 0.146. The largest absolute Gasteiger partial charge is 0.496 e. The quantitative estimate of drug-likeness (QED) is 0.484. The molecule has 0 amide bonds. The Kier molecular flexibility index (Phi) is 7.53. The summed E-state index contributed by atoms with van der Waals surface area (Å²) >= 11 is 0. The van der Waals surface area contributed by atoms with Gasteiger partial charge in [0.05, 0.1) is 13.7 Å². The highest BCUT2D eigenvalue weighted by atomic mass is 16.5. The van der Waals surface area contributed by atoms with Crippen LogP contribution in [-0.2, 0) is 6.61 Å². The number of benzene rings is 2. The minimum atomic E-state index is 0.146. The highest BCUT2D eigenvalue weighted by Gasteiger charge is 2.40. The van der Waals surface area contributed by atoms with E-state index in [1.165, 1.54) is 73.6 Å². The molecule has 0 aliphatic heterocycles. The van der Waals surface area contributed by atoms with Gasteiger partial charge in [0.25, 0.3) is 0 Å². The molecule has 0 unspecified atom stereocenters. The molecule has 2 aromatic carbocycles. The molecular weight excluding hydrogens is 404 g/mol. The van der Waals surface area contributed by atoms with E-state index < -0.39 is 0 Å². The minimum Gasteiger partial charge on any atom is -0.496 e. The topological polar surface area (TPSA) is 29.5 Å². The molecule has 0 saturated heterocycles. The Morgan fingerprint density at radius 3 is 1.67 bits per heavy atom. The maximum Gasteiger partial charge on any atom is 0.121 e. The van der Waals surface area contributed by atoms with Crippen molar-refractivity contribution in [2.24, 2.45) is 17.3 Å². The van der Waals surface area contributed by atoms with Gasteiger partial charge in [-0.3, -0.25) is 0 Å². The van der Waals surface area contributed by atoms with Gasteiger partial charge in [0.15, 0.2) is 0 Å². The lowest BCUT2D eigenvalue weighted by Crippen LogP contribution is -2.36. The Labute approximate surface area is 201 Å². The van der Waals surface area contributed by atoms with Crippen molar-refractivity contribution in [3.05, 3.63) is 64.2 Å². The van der Waals surface area contributed by atoms with Crippen molar-refractivity contribution in [1.82, 2.24) is 0 Å². The van der Waals surface area contributed by atoms with Crippen molar-refractivity contribution in [2.75, 3.05) is 7.11 Å². The van der Waals surface area contributed by atoms with Crippen LogP contribution in [0.15, 0.2) is 36.4 Å². The van der Waals surface area contributed by atoms with E-state index in [1.807, 2.05) is 0 Å². The van der Waals surface area contributed by atoms with Crippen LogP contribution in [0, 0.1) is 31.1 Å². The first-order valence-corrected chi connectivity index (χ1v) is 13.2. The van der Waals surface area contributed by atoms with Gasteiger partial charge in [-0.1, -0.05) is 44.2 Å². The molecule has 0 aromatic heterocycles. The second-order valence-electron chi connectivity index (χ2n) is 11.5. The van der Waals surface area contributed by atoms with Gasteiger partial charge in [-0.25, -0.2) is 0 Å². The highest BCUT2D eigenvalue weighted by Crippen LogP contribution is 2.52. The molecule has 2 heteroatoms. The van der Waals surface area contributed by atoms with E-state index in [0.717, 1.165) is 23.1 Å². The molecule has 180 valence electrons. The number of hydrogen-bond acceptors (Lipinski definition) is 2. The molecule has 2 fully saturated rings. The first kappa shape index (κ1) is 24.3. The van der Waals surface area contributed by atoms with Gasteiger partial charge in [0, 0.05) is 0 Å².